The van der Waals surface area contributed by atoms with E-state index in [1.807, 2.05) is 0 Å². The van der Waals surface area contributed by atoms with E-state index in [1.54, 1.807) is 16.0 Å². The van der Waals surface area contributed by atoms with E-state index < -0.39 is 0 Å². The van der Waals surface area contributed by atoms with Crippen molar-refractivity contribution in [3.63, 3.8) is 0 Å². The SMILES string of the molecule is CC1CC2=C(CCNC(=O)C3CCN(C=O)CC3)C=C1CC2. The highest BCUT2D eigenvalue weighted by Gasteiger charge is 2.26. The molecule has 1 saturated heterocycles. The summed E-state index contributed by atoms with van der Waals surface area (Å²) in [6, 6.07) is 0. The lowest BCUT2D eigenvalue weighted by Gasteiger charge is -2.32. The molecular weight excluding hydrogens is 276 g/mol. The van der Waals surface area contributed by atoms with Gasteiger partial charge in [0.05, 0.1) is 0 Å². The van der Waals surface area contributed by atoms with Crippen molar-refractivity contribution in [3.8, 4) is 0 Å². The third-order valence-electron chi connectivity index (χ3n) is 5.46. The Balaban J connectivity index is 1.43. The molecule has 4 aliphatic rings. The fourth-order valence-corrected chi connectivity index (χ4v) is 3.96. The van der Waals surface area contributed by atoms with Gasteiger partial charge >= 0.3 is 0 Å². The number of amides is 2. The molecule has 2 amide bonds. The molecule has 2 bridgehead atoms. The Hall–Kier alpha value is -1.58. The van der Waals surface area contributed by atoms with E-state index in [9.17, 15) is 9.59 Å². The second-order valence-corrected chi connectivity index (χ2v) is 6.91. The number of hydrogen-bond acceptors (Lipinski definition) is 2. The van der Waals surface area contributed by atoms with Gasteiger partial charge in [-0.15, -0.1) is 0 Å². The van der Waals surface area contributed by atoms with Gasteiger partial charge in [0.15, 0.2) is 0 Å². The van der Waals surface area contributed by atoms with Crippen LogP contribution in [0.3, 0.4) is 0 Å². The molecule has 120 valence electrons. The quantitative estimate of drug-likeness (QED) is 0.793. The Morgan fingerprint density at radius 1 is 1.36 bits per heavy atom. The minimum absolute atomic E-state index is 0.0787. The molecule has 0 aromatic carbocycles. The number of carbonyl (C=O) groups excluding carboxylic acids is 2. The number of fused-ring (bicyclic) bond motifs is 3. The summed E-state index contributed by atoms with van der Waals surface area (Å²) in [6.07, 6.45) is 9.49. The van der Waals surface area contributed by atoms with Crippen LogP contribution in [0.25, 0.3) is 0 Å². The van der Waals surface area contributed by atoms with Crippen LogP contribution in [0.5, 0.6) is 0 Å². The third-order valence-corrected chi connectivity index (χ3v) is 5.46. The van der Waals surface area contributed by atoms with Crippen LogP contribution < -0.4 is 5.32 Å². The van der Waals surface area contributed by atoms with Crippen molar-refractivity contribution in [2.75, 3.05) is 19.6 Å². The molecule has 4 heteroatoms. The maximum absolute atomic E-state index is 12.2. The van der Waals surface area contributed by atoms with Gasteiger partial charge in [0.1, 0.15) is 0 Å². The van der Waals surface area contributed by atoms with Gasteiger partial charge in [-0.25, -0.2) is 0 Å². The fraction of sp³-hybridized carbons (Fsp3) is 0.667. The van der Waals surface area contributed by atoms with Gasteiger partial charge < -0.3 is 10.2 Å². The largest absolute Gasteiger partial charge is 0.356 e. The van der Waals surface area contributed by atoms with Gasteiger partial charge in [0, 0.05) is 25.6 Å². The molecule has 1 unspecified atom stereocenters. The molecule has 1 aliphatic heterocycles. The smallest absolute Gasteiger partial charge is 0.223 e. The molecule has 0 aromatic rings. The van der Waals surface area contributed by atoms with E-state index in [1.165, 1.54) is 24.8 Å². The number of allylic oxidation sites excluding steroid dienone is 3. The van der Waals surface area contributed by atoms with Gasteiger partial charge in [-0.05, 0) is 50.0 Å². The van der Waals surface area contributed by atoms with E-state index in [0.717, 1.165) is 38.1 Å². The molecule has 4 nitrogen and oxygen atoms in total. The average molecular weight is 302 g/mol. The molecule has 1 heterocycles. The Morgan fingerprint density at radius 2 is 2.14 bits per heavy atom. The summed E-state index contributed by atoms with van der Waals surface area (Å²) in [7, 11) is 0. The Morgan fingerprint density at radius 3 is 2.73 bits per heavy atom. The first-order chi connectivity index (χ1) is 10.7. The summed E-state index contributed by atoms with van der Waals surface area (Å²) in [5.74, 6) is 0.971. The number of likely N-dealkylation sites (tertiary alicyclic amines) is 1. The van der Waals surface area contributed by atoms with Gasteiger partial charge in [-0.2, -0.15) is 0 Å². The molecule has 0 radical (unpaired) electrons. The van der Waals surface area contributed by atoms with Gasteiger partial charge in [-0.1, -0.05) is 24.1 Å². The van der Waals surface area contributed by atoms with Gasteiger partial charge in [-0.3, -0.25) is 9.59 Å². The zero-order valence-electron chi connectivity index (χ0n) is 13.4. The third kappa shape index (κ3) is 3.26. The number of nitrogens with one attached hydrogen (secondary N) is 1. The molecule has 1 atom stereocenters. The highest BCUT2D eigenvalue weighted by atomic mass is 16.2. The van der Waals surface area contributed by atoms with E-state index in [4.69, 9.17) is 0 Å². The number of piperidine rings is 1. The van der Waals surface area contributed by atoms with E-state index in [0.29, 0.717) is 13.1 Å². The minimum atomic E-state index is 0.0787. The molecular formula is C18H26N2O2. The van der Waals surface area contributed by atoms with Crippen LogP contribution in [0.4, 0.5) is 0 Å². The first-order valence-corrected chi connectivity index (χ1v) is 8.56. The van der Waals surface area contributed by atoms with Crippen LogP contribution in [0, 0.1) is 11.8 Å². The van der Waals surface area contributed by atoms with Crippen molar-refractivity contribution < 1.29 is 9.59 Å². The lowest BCUT2D eigenvalue weighted by Crippen LogP contribution is -2.40. The van der Waals surface area contributed by atoms with Crippen molar-refractivity contribution in [3.05, 3.63) is 22.8 Å². The molecule has 0 spiro atoms. The van der Waals surface area contributed by atoms with Crippen LogP contribution in [0.1, 0.15) is 45.4 Å². The molecule has 0 aromatic heterocycles. The highest BCUT2D eigenvalue weighted by Crippen LogP contribution is 2.41. The van der Waals surface area contributed by atoms with Crippen molar-refractivity contribution in [1.82, 2.24) is 10.2 Å². The first kappa shape index (κ1) is 15.3. The average Bonchev–Trinajstić information content (AvgIpc) is 2.56. The van der Waals surface area contributed by atoms with Crippen LogP contribution in [0.15, 0.2) is 22.8 Å². The minimum Gasteiger partial charge on any atom is -0.356 e. The summed E-state index contributed by atoms with van der Waals surface area (Å²) in [4.78, 5) is 24.6. The predicted molar refractivity (Wildman–Crippen MR) is 86.1 cm³/mol. The summed E-state index contributed by atoms with van der Waals surface area (Å²) >= 11 is 0. The zero-order valence-corrected chi connectivity index (χ0v) is 13.4. The van der Waals surface area contributed by atoms with Crippen molar-refractivity contribution in [1.29, 1.82) is 0 Å². The van der Waals surface area contributed by atoms with Crippen molar-refractivity contribution >= 4 is 12.3 Å². The molecule has 1 N–H and O–H groups in total. The topological polar surface area (TPSA) is 49.4 Å². The summed E-state index contributed by atoms with van der Waals surface area (Å²) in [5.41, 5.74) is 4.67. The standard InChI is InChI=1S/C18H26N2O2/c1-13-10-16-3-2-15(13)11-17(16)4-7-19-18(22)14-5-8-20(12-21)9-6-14/h11-14H,2-10H2,1H3,(H,19,22). The second-order valence-electron chi connectivity index (χ2n) is 6.91. The first-order valence-electron chi connectivity index (χ1n) is 8.56. The molecule has 2 fully saturated rings. The number of hydrogen-bond donors (Lipinski definition) is 1. The highest BCUT2D eigenvalue weighted by molar-refractivity contribution is 5.78. The molecule has 1 saturated carbocycles. The van der Waals surface area contributed by atoms with E-state index in [-0.39, 0.29) is 11.8 Å². The normalized spacial score (nSPS) is 25.2. The van der Waals surface area contributed by atoms with Crippen LogP contribution in [-0.2, 0) is 9.59 Å². The monoisotopic (exact) mass is 302 g/mol. The maximum atomic E-state index is 12.2. The Bertz CT molecular complexity index is 513. The van der Waals surface area contributed by atoms with Crippen molar-refractivity contribution in [2.45, 2.75) is 45.4 Å². The maximum Gasteiger partial charge on any atom is 0.223 e. The summed E-state index contributed by atoms with van der Waals surface area (Å²) < 4.78 is 0. The van der Waals surface area contributed by atoms with Gasteiger partial charge in [0.25, 0.3) is 0 Å². The Kier molecular flexibility index (Phi) is 4.65. The predicted octanol–water partition coefficient (Wildman–Crippen LogP) is 2.42. The van der Waals surface area contributed by atoms with E-state index >= 15 is 0 Å². The van der Waals surface area contributed by atoms with Crippen LogP contribution in [0.2, 0.25) is 0 Å². The lowest BCUT2D eigenvalue weighted by molar-refractivity contribution is -0.128. The number of carbonyl (C=O) groups is 2. The summed E-state index contributed by atoms with van der Waals surface area (Å²) in [6.45, 7) is 4.47. The second kappa shape index (κ2) is 6.67. The molecule has 3 aliphatic carbocycles. The molecule has 22 heavy (non-hydrogen) atoms. The van der Waals surface area contributed by atoms with Crippen molar-refractivity contribution in [2.24, 2.45) is 11.8 Å². The summed E-state index contributed by atoms with van der Waals surface area (Å²) in [5, 5.41) is 3.09. The van der Waals surface area contributed by atoms with Gasteiger partial charge in [0.2, 0.25) is 12.3 Å². The fourth-order valence-electron chi connectivity index (χ4n) is 3.96. The van der Waals surface area contributed by atoms with E-state index in [2.05, 4.69) is 18.3 Å². The molecule has 4 rings (SSSR count). The van der Waals surface area contributed by atoms with Crippen LogP contribution in [-0.4, -0.2) is 36.9 Å². The number of rotatable bonds is 5. The van der Waals surface area contributed by atoms with Crippen LogP contribution >= 0.6 is 0 Å². The number of nitrogens with zero attached hydrogens (tertiary/aromatic N) is 1. The lowest BCUT2D eigenvalue weighted by atomic mass is 9.74. The Labute approximate surface area is 132 Å². The zero-order chi connectivity index (χ0) is 15.5.